The van der Waals surface area contributed by atoms with E-state index in [0.29, 0.717) is 11.6 Å². The van der Waals surface area contributed by atoms with Crippen LogP contribution in [0.4, 0.5) is 5.69 Å². The van der Waals surface area contributed by atoms with Crippen molar-refractivity contribution in [2.45, 2.75) is 4.90 Å². The third-order valence-corrected chi connectivity index (χ3v) is 2.77. The van der Waals surface area contributed by atoms with Gasteiger partial charge in [-0.15, -0.1) is 0 Å². The molecule has 2 rings (SSSR count). The van der Waals surface area contributed by atoms with Gasteiger partial charge in [-0.2, -0.15) is 0 Å². The molecule has 62 valence electrons. The molecule has 0 aliphatic carbocycles. The van der Waals surface area contributed by atoms with E-state index in [2.05, 4.69) is 5.32 Å². The van der Waals surface area contributed by atoms with Gasteiger partial charge in [0, 0.05) is 9.92 Å². The second-order valence-corrected chi connectivity index (χ2v) is 4.00. The molecule has 0 fully saturated rings. The van der Waals surface area contributed by atoms with Crippen molar-refractivity contribution in [2.75, 3.05) is 11.9 Å². The Kier molecular flexibility index (Phi) is 1.98. The number of hydrogen-bond acceptors (Lipinski definition) is 3. The summed E-state index contributed by atoms with van der Waals surface area (Å²) in [7, 11) is 0. The zero-order valence-corrected chi connectivity index (χ0v) is 7.71. The third-order valence-electron chi connectivity index (χ3n) is 1.59. The van der Waals surface area contributed by atoms with Gasteiger partial charge in [0.2, 0.25) is 5.12 Å². The van der Waals surface area contributed by atoms with Gasteiger partial charge in [-0.05, 0) is 30.0 Å². The Balaban J connectivity index is 2.43. The maximum absolute atomic E-state index is 11.0. The summed E-state index contributed by atoms with van der Waals surface area (Å²) in [5.41, 5.74) is 0.951. The fourth-order valence-electron chi connectivity index (χ4n) is 1.06. The summed E-state index contributed by atoms with van der Waals surface area (Å²) < 4.78 is 0. The summed E-state index contributed by atoms with van der Waals surface area (Å²) in [6.07, 6.45) is 0. The number of nitrogens with one attached hydrogen (secondary N) is 1. The second kappa shape index (κ2) is 2.99. The average Bonchev–Trinajstić information content (AvgIpc) is 2.05. The first-order valence-corrected chi connectivity index (χ1v) is 4.69. The first kappa shape index (κ1) is 7.95. The summed E-state index contributed by atoms with van der Waals surface area (Å²) in [5, 5.41) is 3.83. The van der Waals surface area contributed by atoms with Crippen LogP contribution in [0.1, 0.15) is 0 Å². The molecule has 1 aromatic rings. The van der Waals surface area contributed by atoms with Crippen molar-refractivity contribution >= 4 is 34.2 Å². The smallest absolute Gasteiger partial charge is 0.212 e. The molecule has 0 radical (unpaired) electrons. The molecular formula is C8H6ClNOS. The van der Waals surface area contributed by atoms with Crippen molar-refractivity contribution in [3.05, 3.63) is 23.2 Å². The SMILES string of the molecule is O=C1CNc2cc(Cl)ccc2S1. The van der Waals surface area contributed by atoms with Crippen molar-refractivity contribution in [1.29, 1.82) is 0 Å². The Bertz CT molecular complexity index is 340. The molecule has 1 aliphatic heterocycles. The summed E-state index contributed by atoms with van der Waals surface area (Å²) in [6.45, 7) is 0.387. The molecule has 2 nitrogen and oxygen atoms in total. The summed E-state index contributed by atoms with van der Waals surface area (Å²) >= 11 is 7.04. The van der Waals surface area contributed by atoms with Gasteiger partial charge in [-0.3, -0.25) is 4.79 Å². The van der Waals surface area contributed by atoms with E-state index in [1.807, 2.05) is 12.1 Å². The van der Waals surface area contributed by atoms with Crippen molar-refractivity contribution in [1.82, 2.24) is 0 Å². The predicted molar refractivity (Wildman–Crippen MR) is 50.8 cm³/mol. The first-order chi connectivity index (χ1) is 5.75. The maximum atomic E-state index is 11.0. The molecule has 0 unspecified atom stereocenters. The molecule has 0 atom stereocenters. The molecule has 0 spiro atoms. The Hall–Kier alpha value is -0.670. The van der Waals surface area contributed by atoms with Crippen LogP contribution in [0.2, 0.25) is 5.02 Å². The molecule has 12 heavy (non-hydrogen) atoms. The summed E-state index contributed by atoms with van der Waals surface area (Å²) in [5.74, 6) is 0. The molecule has 0 bridgehead atoms. The lowest BCUT2D eigenvalue weighted by Crippen LogP contribution is -2.15. The predicted octanol–water partition coefficient (Wildman–Crippen LogP) is 2.38. The van der Waals surface area contributed by atoms with Crippen LogP contribution in [-0.2, 0) is 4.79 Å². The van der Waals surface area contributed by atoms with Gasteiger partial charge in [0.05, 0.1) is 12.2 Å². The highest BCUT2D eigenvalue weighted by Gasteiger charge is 2.15. The molecule has 1 heterocycles. The third kappa shape index (κ3) is 1.42. The quantitative estimate of drug-likeness (QED) is 0.696. The number of fused-ring (bicyclic) bond motifs is 1. The largest absolute Gasteiger partial charge is 0.376 e. The number of rotatable bonds is 0. The zero-order chi connectivity index (χ0) is 8.55. The summed E-state index contributed by atoms with van der Waals surface area (Å²) in [4.78, 5) is 11.9. The highest BCUT2D eigenvalue weighted by atomic mass is 35.5. The number of carbonyl (C=O) groups excluding carboxylic acids is 1. The van der Waals surface area contributed by atoms with E-state index in [1.54, 1.807) is 6.07 Å². The maximum Gasteiger partial charge on any atom is 0.212 e. The van der Waals surface area contributed by atoms with Gasteiger partial charge in [0.15, 0.2) is 0 Å². The van der Waals surface area contributed by atoms with Crippen LogP contribution in [0.25, 0.3) is 0 Å². The van der Waals surface area contributed by atoms with Gasteiger partial charge in [0.25, 0.3) is 0 Å². The van der Waals surface area contributed by atoms with Crippen LogP contribution < -0.4 is 5.32 Å². The lowest BCUT2D eigenvalue weighted by molar-refractivity contribution is -0.109. The lowest BCUT2D eigenvalue weighted by atomic mass is 10.3. The fraction of sp³-hybridized carbons (Fsp3) is 0.125. The van der Waals surface area contributed by atoms with E-state index in [4.69, 9.17) is 11.6 Å². The van der Waals surface area contributed by atoms with E-state index in [0.717, 1.165) is 10.6 Å². The number of benzene rings is 1. The Morgan fingerprint density at radius 1 is 1.50 bits per heavy atom. The van der Waals surface area contributed by atoms with Crippen LogP contribution in [0.5, 0.6) is 0 Å². The first-order valence-electron chi connectivity index (χ1n) is 3.50. The molecule has 1 aliphatic rings. The fourth-order valence-corrected chi connectivity index (χ4v) is 1.99. The van der Waals surface area contributed by atoms with Gasteiger partial charge >= 0.3 is 0 Å². The van der Waals surface area contributed by atoms with Gasteiger partial charge in [-0.1, -0.05) is 11.6 Å². The van der Waals surface area contributed by atoms with Crippen molar-refractivity contribution in [2.24, 2.45) is 0 Å². The summed E-state index contributed by atoms with van der Waals surface area (Å²) in [6, 6.07) is 5.47. The minimum absolute atomic E-state index is 0.143. The van der Waals surface area contributed by atoms with E-state index in [1.165, 1.54) is 11.8 Å². The topological polar surface area (TPSA) is 29.1 Å². The van der Waals surface area contributed by atoms with E-state index >= 15 is 0 Å². The minimum Gasteiger partial charge on any atom is -0.376 e. The lowest BCUT2D eigenvalue weighted by Gasteiger charge is -2.15. The van der Waals surface area contributed by atoms with Crippen LogP contribution in [0.15, 0.2) is 23.1 Å². The highest BCUT2D eigenvalue weighted by molar-refractivity contribution is 8.14. The number of halogens is 1. The van der Waals surface area contributed by atoms with E-state index in [9.17, 15) is 4.79 Å². The van der Waals surface area contributed by atoms with E-state index < -0.39 is 0 Å². The number of hydrogen-bond donors (Lipinski definition) is 1. The van der Waals surface area contributed by atoms with Gasteiger partial charge < -0.3 is 5.32 Å². The van der Waals surface area contributed by atoms with Gasteiger partial charge in [0.1, 0.15) is 0 Å². The standard InChI is InChI=1S/C8H6ClNOS/c9-5-1-2-7-6(3-5)10-4-8(11)12-7/h1-3,10H,4H2. The Labute approximate surface area is 79.3 Å². The Morgan fingerprint density at radius 2 is 2.33 bits per heavy atom. The van der Waals surface area contributed by atoms with Crippen molar-refractivity contribution in [3.63, 3.8) is 0 Å². The molecule has 0 saturated carbocycles. The second-order valence-electron chi connectivity index (χ2n) is 2.47. The number of carbonyl (C=O) groups is 1. The van der Waals surface area contributed by atoms with E-state index in [-0.39, 0.29) is 5.12 Å². The van der Waals surface area contributed by atoms with Crippen LogP contribution >= 0.6 is 23.4 Å². The molecule has 4 heteroatoms. The number of thioether (sulfide) groups is 1. The molecule has 0 aromatic heterocycles. The van der Waals surface area contributed by atoms with Crippen molar-refractivity contribution in [3.8, 4) is 0 Å². The van der Waals surface area contributed by atoms with Gasteiger partial charge in [-0.25, -0.2) is 0 Å². The molecule has 0 amide bonds. The van der Waals surface area contributed by atoms with Crippen LogP contribution in [-0.4, -0.2) is 11.7 Å². The molecule has 1 N–H and O–H groups in total. The van der Waals surface area contributed by atoms with Crippen LogP contribution in [0, 0.1) is 0 Å². The van der Waals surface area contributed by atoms with Crippen LogP contribution in [0.3, 0.4) is 0 Å². The Morgan fingerprint density at radius 3 is 3.17 bits per heavy atom. The zero-order valence-electron chi connectivity index (χ0n) is 6.13. The monoisotopic (exact) mass is 199 g/mol. The minimum atomic E-state index is 0.143. The molecule has 0 saturated heterocycles. The normalized spacial score (nSPS) is 15.2. The molecular weight excluding hydrogens is 194 g/mol. The highest BCUT2D eigenvalue weighted by Crippen LogP contribution is 2.33. The van der Waals surface area contributed by atoms with Crippen molar-refractivity contribution < 1.29 is 4.79 Å². The average molecular weight is 200 g/mol. The molecule has 1 aromatic carbocycles. The number of anilines is 1.